The van der Waals surface area contributed by atoms with Gasteiger partial charge in [-0.25, -0.2) is 0 Å². The fraction of sp³-hybridized carbons (Fsp3) is 0.480. The molecule has 3 aliphatic carbocycles. The van der Waals surface area contributed by atoms with E-state index in [1.807, 2.05) is 0 Å². The van der Waals surface area contributed by atoms with Crippen LogP contribution in [0.15, 0.2) is 29.0 Å². The van der Waals surface area contributed by atoms with E-state index in [1.165, 1.54) is 18.1 Å². The van der Waals surface area contributed by atoms with Crippen LogP contribution in [-0.2, 0) is 42.3 Å². The Bertz CT molecular complexity index is 1430. The molecule has 1 fully saturated rings. The molecular formula is C25H33N3O11S. The molecule has 40 heavy (non-hydrogen) atoms. The van der Waals surface area contributed by atoms with E-state index in [4.69, 9.17) is 15.1 Å². The van der Waals surface area contributed by atoms with Crippen molar-refractivity contribution >= 4 is 33.4 Å². The zero-order valence-corrected chi connectivity index (χ0v) is 23.4. The molecule has 7 N–H and O–H groups in total. The number of nitrogens with zero attached hydrogens (tertiary/aromatic N) is 2. The number of ketones is 2. The fourth-order valence-electron chi connectivity index (χ4n) is 5.76. The molecule has 0 aromatic heterocycles. The predicted molar refractivity (Wildman–Crippen MR) is 140 cm³/mol. The number of hydrogen-bond donors (Lipinski definition) is 6. The van der Waals surface area contributed by atoms with Gasteiger partial charge >= 0.3 is 0 Å². The fourth-order valence-corrected chi connectivity index (χ4v) is 5.76. The molecule has 15 heteroatoms. The lowest BCUT2D eigenvalue weighted by Gasteiger charge is -2.50. The SMILES string of the molecule is CON(C)Cc1ccc(O)c2c1CC1CC3[C@H](N(C)C)C(=O)C(C(N)=O)=C(O)[C@@]3(O)C(=O)C1=C2O.CS(=O)(=O)O. The van der Waals surface area contributed by atoms with Crippen molar-refractivity contribution in [2.45, 2.75) is 31.0 Å². The van der Waals surface area contributed by atoms with Crippen molar-refractivity contribution in [1.29, 1.82) is 0 Å². The third-order valence-electron chi connectivity index (χ3n) is 7.41. The largest absolute Gasteiger partial charge is 0.508 e. The van der Waals surface area contributed by atoms with Crippen LogP contribution in [0.3, 0.4) is 0 Å². The number of Topliss-reactive ketones (excluding diaryl/α,β-unsaturated/α-hetero) is 2. The summed E-state index contributed by atoms with van der Waals surface area (Å²) < 4.78 is 25.9. The van der Waals surface area contributed by atoms with Gasteiger partial charge in [-0.3, -0.25) is 23.8 Å². The standard InChI is InChI=1S/C24H29N3O8.CH4O3S/c1-26(2)18-13-8-11-7-12-10(9-27(3)35-4)5-6-14(28)16(12)19(29)15(11)21(31)24(13,34)22(32)17(20(18)30)23(25)33;1-5(2,3)4/h5-6,11,13,18,28-29,32,34H,7-9H2,1-4H3,(H2,25,33);1H3,(H,2,3,4)/t11?,13?,18-,24-;/m0./s1. The summed E-state index contributed by atoms with van der Waals surface area (Å²) in [5.74, 6) is -6.68. The number of phenols is 1. The number of carbonyl (C=O) groups excluding carboxylic acids is 3. The first-order chi connectivity index (χ1) is 18.4. The lowest BCUT2D eigenvalue weighted by molar-refractivity contribution is -0.153. The summed E-state index contributed by atoms with van der Waals surface area (Å²) in [7, 11) is 2.67. The second-order valence-electron chi connectivity index (χ2n) is 10.3. The molecule has 1 amide bonds. The third kappa shape index (κ3) is 5.35. The van der Waals surface area contributed by atoms with Crippen LogP contribution >= 0.6 is 0 Å². The Morgan fingerprint density at radius 1 is 1.18 bits per heavy atom. The number of amides is 1. The topological polar surface area (TPSA) is 228 Å². The first-order valence-electron chi connectivity index (χ1n) is 12.0. The Labute approximate surface area is 230 Å². The Kier molecular flexibility index (Phi) is 8.51. The van der Waals surface area contributed by atoms with Crippen molar-refractivity contribution in [1.82, 2.24) is 9.96 Å². The molecule has 3 aliphatic rings. The highest BCUT2D eigenvalue weighted by molar-refractivity contribution is 7.85. The van der Waals surface area contributed by atoms with Gasteiger partial charge in [0.15, 0.2) is 11.4 Å². The number of primary amides is 1. The summed E-state index contributed by atoms with van der Waals surface area (Å²) in [6.07, 6.45) is 0.990. The van der Waals surface area contributed by atoms with Crippen molar-refractivity contribution in [3.05, 3.63) is 45.7 Å². The zero-order chi connectivity index (χ0) is 30.5. The number of phenolic OH excluding ortho intramolecular Hbond substituents is 1. The maximum absolute atomic E-state index is 13.8. The van der Waals surface area contributed by atoms with Crippen LogP contribution in [0, 0.1) is 11.8 Å². The second-order valence-corrected chi connectivity index (χ2v) is 11.7. The maximum atomic E-state index is 13.8. The lowest BCUT2D eigenvalue weighted by Crippen LogP contribution is -2.65. The van der Waals surface area contributed by atoms with Gasteiger partial charge in [-0.1, -0.05) is 6.07 Å². The minimum Gasteiger partial charge on any atom is -0.508 e. The first-order valence-corrected chi connectivity index (χ1v) is 13.9. The number of hydrogen-bond acceptors (Lipinski definition) is 12. The number of aliphatic hydroxyl groups is 3. The summed E-state index contributed by atoms with van der Waals surface area (Å²) in [6.45, 7) is 0.333. The minimum absolute atomic E-state index is 0.0426. The summed E-state index contributed by atoms with van der Waals surface area (Å²) in [6, 6.07) is 1.98. The molecule has 4 rings (SSSR count). The van der Waals surface area contributed by atoms with E-state index < -0.39 is 68.2 Å². The summed E-state index contributed by atoms with van der Waals surface area (Å²) in [5, 5.41) is 45.7. The van der Waals surface area contributed by atoms with Gasteiger partial charge < -0.3 is 31.0 Å². The number of likely N-dealkylation sites (N-methyl/N-ethyl adjacent to an activating group) is 1. The molecular weight excluding hydrogens is 550 g/mol. The number of benzene rings is 1. The van der Waals surface area contributed by atoms with Crippen molar-refractivity contribution in [2.24, 2.45) is 17.6 Å². The summed E-state index contributed by atoms with van der Waals surface area (Å²) in [5.41, 5.74) is 3.09. The predicted octanol–water partition coefficient (Wildman–Crippen LogP) is -0.539. The average Bonchev–Trinajstić information content (AvgIpc) is 2.81. The van der Waals surface area contributed by atoms with Gasteiger partial charge in [-0.05, 0) is 50.0 Å². The number of aliphatic hydroxyl groups excluding tert-OH is 2. The molecule has 0 radical (unpaired) electrons. The monoisotopic (exact) mass is 583 g/mol. The van der Waals surface area contributed by atoms with Crippen LogP contribution in [0.1, 0.15) is 23.1 Å². The van der Waals surface area contributed by atoms with Crippen LogP contribution < -0.4 is 5.73 Å². The van der Waals surface area contributed by atoms with Gasteiger partial charge in [0.2, 0.25) is 5.78 Å². The highest BCUT2D eigenvalue weighted by Crippen LogP contribution is 2.52. The van der Waals surface area contributed by atoms with E-state index in [-0.39, 0.29) is 29.7 Å². The van der Waals surface area contributed by atoms with Crippen LogP contribution in [0.2, 0.25) is 0 Å². The van der Waals surface area contributed by atoms with Crippen molar-refractivity contribution in [3.63, 3.8) is 0 Å². The maximum Gasteiger partial charge on any atom is 0.261 e. The van der Waals surface area contributed by atoms with E-state index in [1.54, 1.807) is 32.3 Å². The molecule has 1 saturated carbocycles. The van der Waals surface area contributed by atoms with E-state index in [2.05, 4.69) is 0 Å². The lowest BCUT2D eigenvalue weighted by atomic mass is 9.57. The molecule has 14 nitrogen and oxygen atoms in total. The van der Waals surface area contributed by atoms with E-state index >= 15 is 0 Å². The van der Waals surface area contributed by atoms with E-state index in [9.17, 15) is 43.2 Å². The number of rotatable bonds is 5. The molecule has 0 spiro atoms. The summed E-state index contributed by atoms with van der Waals surface area (Å²) >= 11 is 0. The molecule has 2 unspecified atom stereocenters. The van der Waals surface area contributed by atoms with Gasteiger partial charge in [0, 0.05) is 25.1 Å². The normalized spacial score (nSPS) is 26.3. The van der Waals surface area contributed by atoms with Crippen molar-refractivity contribution < 1.29 is 52.6 Å². The second kappa shape index (κ2) is 10.9. The molecule has 4 atom stereocenters. The number of hydroxylamine groups is 2. The van der Waals surface area contributed by atoms with Gasteiger partial charge in [0.05, 0.1) is 25.0 Å². The minimum atomic E-state index is -3.67. The quantitative estimate of drug-likeness (QED) is 0.146. The Balaban J connectivity index is 0.000000810. The van der Waals surface area contributed by atoms with Crippen LogP contribution in [0.5, 0.6) is 5.75 Å². The molecule has 0 heterocycles. The van der Waals surface area contributed by atoms with Crippen LogP contribution in [-0.4, -0.2) is 107 Å². The number of nitrogens with two attached hydrogens (primary N) is 1. The molecule has 0 bridgehead atoms. The zero-order valence-electron chi connectivity index (χ0n) is 22.6. The third-order valence-corrected chi connectivity index (χ3v) is 7.41. The molecule has 220 valence electrons. The average molecular weight is 584 g/mol. The Morgan fingerprint density at radius 3 is 2.25 bits per heavy atom. The van der Waals surface area contributed by atoms with Crippen molar-refractivity contribution in [3.8, 4) is 5.75 Å². The van der Waals surface area contributed by atoms with Gasteiger partial charge in [-0.15, -0.1) is 0 Å². The Hall–Kier alpha value is -3.34. The van der Waals surface area contributed by atoms with Gasteiger partial charge in [0.25, 0.3) is 16.0 Å². The Morgan fingerprint density at radius 2 is 1.75 bits per heavy atom. The molecule has 0 saturated heterocycles. The number of carbonyl (C=O) groups is 3. The van der Waals surface area contributed by atoms with Crippen LogP contribution in [0.4, 0.5) is 0 Å². The first kappa shape index (κ1) is 31.2. The molecule has 1 aromatic carbocycles. The highest BCUT2D eigenvalue weighted by atomic mass is 32.2. The van der Waals surface area contributed by atoms with E-state index in [0.717, 1.165) is 5.56 Å². The van der Waals surface area contributed by atoms with Gasteiger partial charge in [-0.2, -0.15) is 13.5 Å². The number of fused-ring (bicyclic) bond motifs is 3. The molecule has 0 aliphatic heterocycles. The van der Waals surface area contributed by atoms with Crippen molar-refractivity contribution in [2.75, 3.05) is 34.5 Å². The number of aromatic hydroxyl groups is 1. The summed E-state index contributed by atoms with van der Waals surface area (Å²) in [4.78, 5) is 45.5. The van der Waals surface area contributed by atoms with Gasteiger partial charge in [0.1, 0.15) is 22.8 Å². The van der Waals surface area contributed by atoms with E-state index in [0.29, 0.717) is 18.4 Å². The molecule has 1 aromatic rings. The highest BCUT2D eigenvalue weighted by Gasteiger charge is 2.64. The van der Waals surface area contributed by atoms with Crippen LogP contribution in [0.25, 0.3) is 5.76 Å². The smallest absolute Gasteiger partial charge is 0.261 e.